The van der Waals surface area contributed by atoms with E-state index < -0.39 is 0 Å². The lowest BCUT2D eigenvalue weighted by atomic mass is 9.99. The van der Waals surface area contributed by atoms with E-state index >= 15 is 0 Å². The van der Waals surface area contributed by atoms with E-state index in [2.05, 4.69) is 22.4 Å². The highest BCUT2D eigenvalue weighted by Gasteiger charge is 2.27. The third-order valence-corrected chi connectivity index (χ3v) is 5.76. The molecule has 0 saturated carbocycles. The highest BCUT2D eigenvalue weighted by molar-refractivity contribution is 7.14. The molecule has 1 saturated heterocycles. The average Bonchev–Trinajstić information content (AvgIpc) is 3.39. The van der Waals surface area contributed by atoms with Gasteiger partial charge in [-0.15, -0.1) is 11.3 Å². The third-order valence-electron chi connectivity index (χ3n) is 4.95. The Bertz CT molecular complexity index is 956. The van der Waals surface area contributed by atoms with E-state index in [1.165, 1.54) is 16.9 Å². The summed E-state index contributed by atoms with van der Waals surface area (Å²) >= 11 is 1.34. The molecule has 28 heavy (non-hydrogen) atoms. The van der Waals surface area contributed by atoms with E-state index in [-0.39, 0.29) is 18.2 Å². The second kappa shape index (κ2) is 8.35. The minimum Gasteiger partial charge on any atom is -0.342 e. The molecule has 1 aliphatic heterocycles. The normalized spacial score (nSPS) is 16.1. The maximum Gasteiger partial charge on any atom is 0.257 e. The highest BCUT2D eigenvalue weighted by Crippen LogP contribution is 2.27. The number of carbonyl (C=O) groups is 2. The minimum absolute atomic E-state index is 0.0877. The Labute approximate surface area is 168 Å². The summed E-state index contributed by atoms with van der Waals surface area (Å²) in [6.07, 6.45) is 1.25. The molecule has 3 aromatic rings. The van der Waals surface area contributed by atoms with Crippen molar-refractivity contribution in [1.29, 1.82) is 0 Å². The lowest BCUT2D eigenvalue weighted by Crippen LogP contribution is -2.30. The predicted octanol–water partition coefficient (Wildman–Crippen LogP) is 3.95. The van der Waals surface area contributed by atoms with Gasteiger partial charge in [0.2, 0.25) is 5.91 Å². The molecule has 1 aromatic heterocycles. The van der Waals surface area contributed by atoms with Gasteiger partial charge in [0.25, 0.3) is 5.91 Å². The van der Waals surface area contributed by atoms with Gasteiger partial charge in [0.1, 0.15) is 0 Å². The number of benzene rings is 2. The second-order valence-corrected chi connectivity index (χ2v) is 7.74. The van der Waals surface area contributed by atoms with E-state index in [0.29, 0.717) is 22.3 Å². The quantitative estimate of drug-likeness (QED) is 0.716. The number of thiazole rings is 1. The van der Waals surface area contributed by atoms with Crippen molar-refractivity contribution in [2.45, 2.75) is 18.8 Å². The lowest BCUT2D eigenvalue weighted by Gasteiger charge is -2.16. The molecular weight excluding hydrogens is 370 g/mol. The molecule has 2 aromatic carbocycles. The van der Waals surface area contributed by atoms with Crippen molar-refractivity contribution in [2.75, 3.05) is 18.4 Å². The molecule has 5 nitrogen and oxygen atoms in total. The van der Waals surface area contributed by atoms with Crippen molar-refractivity contribution in [2.24, 2.45) is 0 Å². The SMILES string of the molecule is O=C(Nc1nc(CC(=O)N2CCC(c3ccccc3)C2)cs1)c1ccccc1. The molecule has 142 valence electrons. The van der Waals surface area contributed by atoms with E-state index in [1.807, 2.05) is 46.7 Å². The van der Waals surface area contributed by atoms with Crippen LogP contribution in [0.3, 0.4) is 0 Å². The van der Waals surface area contributed by atoms with Crippen molar-refractivity contribution in [3.05, 3.63) is 82.9 Å². The Kier molecular flexibility index (Phi) is 5.48. The van der Waals surface area contributed by atoms with Gasteiger partial charge in [0, 0.05) is 30.0 Å². The number of hydrogen-bond acceptors (Lipinski definition) is 4. The summed E-state index contributed by atoms with van der Waals surface area (Å²) in [4.78, 5) is 31.2. The number of anilines is 1. The molecule has 0 radical (unpaired) electrons. The van der Waals surface area contributed by atoms with Crippen LogP contribution in [0, 0.1) is 0 Å². The highest BCUT2D eigenvalue weighted by atomic mass is 32.1. The van der Waals surface area contributed by atoms with Gasteiger partial charge in [-0.3, -0.25) is 14.9 Å². The number of amides is 2. The van der Waals surface area contributed by atoms with Gasteiger partial charge in [0.05, 0.1) is 12.1 Å². The number of likely N-dealkylation sites (tertiary alicyclic amines) is 1. The lowest BCUT2D eigenvalue weighted by molar-refractivity contribution is -0.129. The van der Waals surface area contributed by atoms with Crippen molar-refractivity contribution in [1.82, 2.24) is 9.88 Å². The predicted molar refractivity (Wildman–Crippen MR) is 111 cm³/mol. The summed E-state index contributed by atoms with van der Waals surface area (Å²) in [5, 5.41) is 5.14. The van der Waals surface area contributed by atoms with Gasteiger partial charge >= 0.3 is 0 Å². The van der Waals surface area contributed by atoms with Gasteiger partial charge in [-0.05, 0) is 24.1 Å². The number of rotatable bonds is 5. The maximum absolute atomic E-state index is 12.6. The standard InChI is InChI=1S/C22H21N3O2S/c26-20(25-12-11-18(14-25)16-7-3-1-4-8-16)13-19-15-28-22(23-19)24-21(27)17-9-5-2-6-10-17/h1-10,15,18H,11-14H2,(H,23,24,27). The average molecular weight is 391 g/mol. The summed E-state index contributed by atoms with van der Waals surface area (Å²) in [7, 11) is 0. The molecule has 1 unspecified atom stereocenters. The van der Waals surface area contributed by atoms with Crippen LogP contribution >= 0.6 is 11.3 Å². The first-order valence-electron chi connectivity index (χ1n) is 9.32. The molecular formula is C22H21N3O2S. The van der Waals surface area contributed by atoms with E-state index in [0.717, 1.165) is 19.5 Å². The van der Waals surface area contributed by atoms with Crippen LogP contribution in [0.15, 0.2) is 66.0 Å². The second-order valence-electron chi connectivity index (χ2n) is 6.88. The zero-order chi connectivity index (χ0) is 19.3. The van der Waals surface area contributed by atoms with Crippen LogP contribution in [0.5, 0.6) is 0 Å². The van der Waals surface area contributed by atoms with Gasteiger partial charge in [-0.1, -0.05) is 48.5 Å². The van der Waals surface area contributed by atoms with Crippen LogP contribution in [-0.2, 0) is 11.2 Å². The fraction of sp³-hybridized carbons (Fsp3) is 0.227. The molecule has 1 fully saturated rings. The summed E-state index contributed by atoms with van der Waals surface area (Å²) in [6, 6.07) is 19.4. The number of aromatic nitrogens is 1. The van der Waals surface area contributed by atoms with Crippen molar-refractivity contribution >= 4 is 28.3 Å². The Morgan fingerprint density at radius 3 is 2.54 bits per heavy atom. The Balaban J connectivity index is 1.33. The van der Waals surface area contributed by atoms with Gasteiger partial charge in [-0.25, -0.2) is 4.98 Å². The van der Waals surface area contributed by atoms with Crippen molar-refractivity contribution in [3.8, 4) is 0 Å². The molecule has 2 heterocycles. The summed E-state index contributed by atoms with van der Waals surface area (Å²) in [6.45, 7) is 1.53. The van der Waals surface area contributed by atoms with Gasteiger partial charge in [0.15, 0.2) is 5.13 Å². The summed E-state index contributed by atoms with van der Waals surface area (Å²) < 4.78 is 0. The zero-order valence-corrected chi connectivity index (χ0v) is 16.2. The fourth-order valence-corrected chi connectivity index (χ4v) is 4.16. The smallest absolute Gasteiger partial charge is 0.257 e. The van der Waals surface area contributed by atoms with E-state index in [4.69, 9.17) is 0 Å². The third kappa shape index (κ3) is 4.28. The number of hydrogen-bond donors (Lipinski definition) is 1. The topological polar surface area (TPSA) is 62.3 Å². The van der Waals surface area contributed by atoms with Crippen LogP contribution < -0.4 is 5.32 Å². The maximum atomic E-state index is 12.6. The first-order valence-corrected chi connectivity index (χ1v) is 10.2. The minimum atomic E-state index is -0.196. The van der Waals surface area contributed by atoms with Crippen LogP contribution in [0.1, 0.15) is 34.0 Å². The number of carbonyl (C=O) groups excluding carboxylic acids is 2. The molecule has 1 aliphatic rings. The number of nitrogens with one attached hydrogen (secondary N) is 1. The zero-order valence-electron chi connectivity index (χ0n) is 15.4. The molecule has 0 aliphatic carbocycles. The van der Waals surface area contributed by atoms with E-state index in [9.17, 15) is 9.59 Å². The molecule has 0 bridgehead atoms. The van der Waals surface area contributed by atoms with Crippen LogP contribution in [-0.4, -0.2) is 34.8 Å². The fourth-order valence-electron chi connectivity index (χ4n) is 3.46. The summed E-state index contributed by atoms with van der Waals surface area (Å²) in [5.41, 5.74) is 2.57. The van der Waals surface area contributed by atoms with Crippen LogP contribution in [0.4, 0.5) is 5.13 Å². The van der Waals surface area contributed by atoms with Crippen LogP contribution in [0.2, 0.25) is 0 Å². The molecule has 1 atom stereocenters. The molecule has 4 rings (SSSR count). The molecule has 6 heteroatoms. The van der Waals surface area contributed by atoms with Crippen LogP contribution in [0.25, 0.3) is 0 Å². The van der Waals surface area contributed by atoms with Gasteiger partial charge < -0.3 is 4.90 Å². The molecule has 0 spiro atoms. The first kappa shape index (κ1) is 18.4. The van der Waals surface area contributed by atoms with E-state index in [1.54, 1.807) is 12.1 Å². The van der Waals surface area contributed by atoms with Crippen molar-refractivity contribution < 1.29 is 9.59 Å². The Morgan fingerprint density at radius 1 is 1.07 bits per heavy atom. The monoisotopic (exact) mass is 391 g/mol. The largest absolute Gasteiger partial charge is 0.342 e. The Hall–Kier alpha value is -2.99. The van der Waals surface area contributed by atoms with Crippen molar-refractivity contribution in [3.63, 3.8) is 0 Å². The number of nitrogens with zero attached hydrogens (tertiary/aromatic N) is 2. The van der Waals surface area contributed by atoms with Gasteiger partial charge in [-0.2, -0.15) is 0 Å². The Morgan fingerprint density at radius 2 is 1.79 bits per heavy atom. The first-order chi connectivity index (χ1) is 13.7. The molecule has 1 N–H and O–H groups in total. The molecule has 2 amide bonds. The summed E-state index contributed by atoms with van der Waals surface area (Å²) in [5.74, 6) is 0.295.